The first-order valence-electron chi connectivity index (χ1n) is 13.5. The monoisotopic (exact) mass is 505 g/mol. The van der Waals surface area contributed by atoms with Crippen molar-refractivity contribution in [3.05, 3.63) is 89.8 Å². The number of H-pyrrole nitrogens is 1. The van der Waals surface area contributed by atoms with Gasteiger partial charge in [0, 0.05) is 54.1 Å². The zero-order valence-electron chi connectivity index (χ0n) is 21.2. The molecule has 5 N–H and O–H groups in total. The van der Waals surface area contributed by atoms with Gasteiger partial charge in [0.25, 0.3) is 5.91 Å². The number of nitrogens with one attached hydrogen (secondary N) is 3. The van der Waals surface area contributed by atoms with Crippen LogP contribution in [0.3, 0.4) is 0 Å². The van der Waals surface area contributed by atoms with Crippen molar-refractivity contribution >= 4 is 33.8 Å². The number of hydrogen-bond acceptors (Lipinski definition) is 5. The molecule has 2 aliphatic rings. The molecule has 2 aromatic carbocycles. The van der Waals surface area contributed by atoms with Crippen molar-refractivity contribution in [1.29, 1.82) is 0 Å². The van der Waals surface area contributed by atoms with E-state index >= 15 is 0 Å². The highest BCUT2D eigenvalue weighted by Crippen LogP contribution is 2.40. The summed E-state index contributed by atoms with van der Waals surface area (Å²) in [6, 6.07) is 16.4. The van der Waals surface area contributed by atoms with Gasteiger partial charge in [0.15, 0.2) is 0 Å². The van der Waals surface area contributed by atoms with Crippen molar-refractivity contribution in [2.75, 3.05) is 17.6 Å². The van der Waals surface area contributed by atoms with Gasteiger partial charge in [-0.2, -0.15) is 0 Å². The van der Waals surface area contributed by atoms with Crippen LogP contribution in [-0.2, 0) is 6.42 Å². The maximum Gasteiger partial charge on any atom is 0.253 e. The first-order valence-corrected chi connectivity index (χ1v) is 13.5. The first kappa shape index (κ1) is 22.8. The average Bonchev–Trinajstić information content (AvgIpc) is 3.67. The summed E-state index contributed by atoms with van der Waals surface area (Å²) in [5.74, 6) is 2.39. The van der Waals surface area contributed by atoms with E-state index < -0.39 is 0 Å². The zero-order chi connectivity index (χ0) is 25.6. The number of nitrogens with zero attached hydrogens (tertiary/aromatic N) is 3. The molecule has 1 atom stereocenters. The number of fused-ring (bicyclic) bond motifs is 3. The van der Waals surface area contributed by atoms with Crippen LogP contribution in [0.4, 0.5) is 11.5 Å². The van der Waals surface area contributed by atoms with Crippen molar-refractivity contribution in [3.63, 3.8) is 0 Å². The number of carbonyl (C=O) groups is 1. The number of aromatic nitrogens is 4. The van der Waals surface area contributed by atoms with Crippen LogP contribution in [0, 0.1) is 5.92 Å². The quantitative estimate of drug-likeness (QED) is 0.262. The number of amides is 1. The topological polar surface area (TPSA) is 113 Å². The Kier molecular flexibility index (Phi) is 5.53. The Hall–Kier alpha value is -4.33. The largest absolute Gasteiger partial charge is 0.382 e. The van der Waals surface area contributed by atoms with Crippen LogP contribution in [0.25, 0.3) is 16.4 Å². The molecule has 1 unspecified atom stereocenters. The van der Waals surface area contributed by atoms with E-state index in [0.29, 0.717) is 29.8 Å². The summed E-state index contributed by atoms with van der Waals surface area (Å²) in [5.41, 5.74) is 12.5. The minimum atomic E-state index is -0.0125. The van der Waals surface area contributed by atoms with Crippen molar-refractivity contribution in [2.45, 2.75) is 44.1 Å². The van der Waals surface area contributed by atoms with E-state index in [-0.39, 0.29) is 11.9 Å². The summed E-state index contributed by atoms with van der Waals surface area (Å²) in [6.07, 6.45) is 10.6. The fourth-order valence-corrected chi connectivity index (χ4v) is 6.33. The normalized spacial score (nSPS) is 20.9. The van der Waals surface area contributed by atoms with E-state index in [0.717, 1.165) is 65.7 Å². The molecule has 1 saturated carbocycles. The van der Waals surface area contributed by atoms with Crippen LogP contribution in [-0.4, -0.2) is 31.8 Å². The van der Waals surface area contributed by atoms with Gasteiger partial charge in [0.2, 0.25) is 0 Å². The second-order valence-electron chi connectivity index (χ2n) is 10.6. The molecule has 1 aliphatic carbocycles. The standard InChI is InChI=1S/C30H31N7O/c31-28-27-26(25-15-20-5-1-3-7-23(20)35-25)36-29(37(27)14-13-32-28)19-11-9-18(10-12-19)16-34-30(38)22-17-33-24-8-4-2-6-21(22)24/h1-8,13-14,17-19,25,33,35H,9-12,15-16H2,(H2,31,32)(H,34,38). The summed E-state index contributed by atoms with van der Waals surface area (Å²) in [5, 5.41) is 7.78. The molecule has 8 nitrogen and oxygen atoms in total. The Balaban J connectivity index is 1.05. The highest BCUT2D eigenvalue weighted by molar-refractivity contribution is 6.06. The Morgan fingerprint density at radius 3 is 2.76 bits per heavy atom. The van der Waals surface area contributed by atoms with Crippen molar-refractivity contribution < 1.29 is 4.79 Å². The predicted octanol–water partition coefficient (Wildman–Crippen LogP) is 5.21. The number of rotatable bonds is 5. The number of imidazole rings is 1. The van der Waals surface area contributed by atoms with Gasteiger partial charge < -0.3 is 21.4 Å². The van der Waals surface area contributed by atoms with E-state index in [9.17, 15) is 4.79 Å². The SMILES string of the molecule is Nc1nccn2c(C3CCC(CNC(=O)c4c[nH]c5ccccc45)CC3)nc(C3Cc4ccccc4N3)c12. The highest BCUT2D eigenvalue weighted by Gasteiger charge is 2.31. The number of carbonyl (C=O) groups excluding carboxylic acids is 1. The minimum Gasteiger partial charge on any atom is -0.382 e. The van der Waals surface area contributed by atoms with Gasteiger partial charge in [-0.15, -0.1) is 0 Å². The smallest absolute Gasteiger partial charge is 0.253 e. The predicted molar refractivity (Wildman–Crippen MR) is 149 cm³/mol. The fourth-order valence-electron chi connectivity index (χ4n) is 6.33. The number of para-hydroxylation sites is 2. The molecular formula is C30H31N7O. The molecule has 192 valence electrons. The van der Waals surface area contributed by atoms with Crippen LogP contribution in [0.1, 0.15) is 65.1 Å². The van der Waals surface area contributed by atoms with Gasteiger partial charge in [0.1, 0.15) is 17.2 Å². The van der Waals surface area contributed by atoms with E-state index in [2.05, 4.69) is 49.3 Å². The van der Waals surface area contributed by atoms with Gasteiger partial charge in [-0.3, -0.25) is 9.20 Å². The summed E-state index contributed by atoms with van der Waals surface area (Å²) >= 11 is 0. The van der Waals surface area contributed by atoms with E-state index in [4.69, 9.17) is 10.7 Å². The zero-order valence-corrected chi connectivity index (χ0v) is 21.2. The molecule has 1 aliphatic heterocycles. The summed E-state index contributed by atoms with van der Waals surface area (Å²) in [4.78, 5) is 25.7. The van der Waals surface area contributed by atoms with Crippen LogP contribution in [0.2, 0.25) is 0 Å². The molecular weight excluding hydrogens is 474 g/mol. The number of anilines is 2. The molecule has 1 amide bonds. The summed E-state index contributed by atoms with van der Waals surface area (Å²) in [7, 11) is 0. The maximum absolute atomic E-state index is 12.9. The lowest BCUT2D eigenvalue weighted by atomic mass is 9.81. The number of nitrogens with two attached hydrogens (primary N) is 1. The van der Waals surface area contributed by atoms with Gasteiger partial charge in [-0.25, -0.2) is 9.97 Å². The van der Waals surface area contributed by atoms with Crippen molar-refractivity contribution in [2.24, 2.45) is 5.92 Å². The van der Waals surface area contributed by atoms with Gasteiger partial charge >= 0.3 is 0 Å². The third kappa shape index (κ3) is 3.88. The molecule has 5 aromatic rings. The van der Waals surface area contributed by atoms with Gasteiger partial charge in [-0.1, -0.05) is 36.4 Å². The van der Waals surface area contributed by atoms with Crippen molar-refractivity contribution in [1.82, 2.24) is 24.7 Å². The minimum absolute atomic E-state index is 0.0125. The molecule has 8 heteroatoms. The second kappa shape index (κ2) is 9.20. The first-order chi connectivity index (χ1) is 18.7. The highest BCUT2D eigenvalue weighted by atomic mass is 16.1. The molecule has 7 rings (SSSR count). The maximum atomic E-state index is 12.9. The van der Waals surface area contributed by atoms with E-state index in [1.807, 2.05) is 30.5 Å². The summed E-state index contributed by atoms with van der Waals surface area (Å²) < 4.78 is 2.16. The van der Waals surface area contributed by atoms with E-state index in [1.165, 1.54) is 5.56 Å². The number of benzene rings is 2. The molecule has 0 bridgehead atoms. The lowest BCUT2D eigenvalue weighted by molar-refractivity contribution is 0.0944. The molecule has 0 saturated heterocycles. The molecule has 0 radical (unpaired) electrons. The lowest BCUT2D eigenvalue weighted by Crippen LogP contribution is -2.31. The van der Waals surface area contributed by atoms with Crippen LogP contribution >= 0.6 is 0 Å². The van der Waals surface area contributed by atoms with Crippen LogP contribution in [0.5, 0.6) is 0 Å². The molecule has 0 spiro atoms. The van der Waals surface area contributed by atoms with Crippen LogP contribution < -0.4 is 16.4 Å². The van der Waals surface area contributed by atoms with Crippen LogP contribution in [0.15, 0.2) is 67.1 Å². The molecule has 1 fully saturated rings. The lowest BCUT2D eigenvalue weighted by Gasteiger charge is -2.28. The Bertz CT molecular complexity index is 1620. The number of nitrogen functional groups attached to an aromatic ring is 1. The van der Waals surface area contributed by atoms with Gasteiger partial charge in [0.05, 0.1) is 17.3 Å². The molecule has 4 heterocycles. The second-order valence-corrected chi connectivity index (χ2v) is 10.6. The fraction of sp³-hybridized carbons (Fsp3) is 0.300. The Morgan fingerprint density at radius 2 is 1.89 bits per heavy atom. The number of aromatic amines is 1. The van der Waals surface area contributed by atoms with E-state index in [1.54, 1.807) is 12.4 Å². The molecule has 3 aromatic heterocycles. The Labute approximate surface area is 220 Å². The van der Waals surface area contributed by atoms with Crippen molar-refractivity contribution in [3.8, 4) is 0 Å². The number of hydrogen-bond donors (Lipinski definition) is 4. The van der Waals surface area contributed by atoms with Gasteiger partial charge in [-0.05, 0) is 49.3 Å². The third-order valence-electron chi connectivity index (χ3n) is 8.34. The third-order valence-corrected chi connectivity index (χ3v) is 8.34. The summed E-state index contributed by atoms with van der Waals surface area (Å²) in [6.45, 7) is 0.694. The average molecular weight is 506 g/mol. The molecule has 38 heavy (non-hydrogen) atoms. The Morgan fingerprint density at radius 1 is 1.08 bits per heavy atom.